The number of ether oxygens (including phenoxy) is 1. The molecular formula is C21H20O3S. The average Bonchev–Trinajstić information content (AvgIpc) is 3.15. The Balaban J connectivity index is 1.67. The third-order valence-electron chi connectivity index (χ3n) is 6.30. The largest absolute Gasteiger partial charge is 0.485 e. The molecule has 1 aromatic heterocycles. The van der Waals surface area contributed by atoms with Crippen molar-refractivity contribution in [1.82, 2.24) is 0 Å². The van der Waals surface area contributed by atoms with Gasteiger partial charge >= 0.3 is 0 Å². The molecule has 0 bridgehead atoms. The molecule has 4 atom stereocenters. The minimum absolute atomic E-state index is 0.0246. The lowest BCUT2D eigenvalue weighted by atomic mass is 9.55. The highest BCUT2D eigenvalue weighted by molar-refractivity contribution is 7.10. The Morgan fingerprint density at radius 3 is 2.80 bits per heavy atom. The standard InChI is InChI=1S/C21H20O3S/c22-16-12-14(18-9-5-11-25-18)15-7-3-4-10-21(15)19(16)20(23)13-6-1-2-8-17(13)24-21/h1-2,5-6,8-9,11,14-15,19H,3-4,7,10,12H2/t14-,15+,19?,21-/m1/s1. The van der Waals surface area contributed by atoms with E-state index in [2.05, 4.69) is 11.4 Å². The molecule has 25 heavy (non-hydrogen) atoms. The molecule has 5 rings (SSSR count). The second-order valence-corrected chi connectivity index (χ2v) is 8.47. The van der Waals surface area contributed by atoms with Gasteiger partial charge in [-0.2, -0.15) is 0 Å². The zero-order valence-electron chi connectivity index (χ0n) is 13.9. The molecule has 1 aromatic carbocycles. The van der Waals surface area contributed by atoms with Gasteiger partial charge in [0.1, 0.15) is 23.1 Å². The Kier molecular flexibility index (Phi) is 3.39. The molecule has 1 spiro atoms. The van der Waals surface area contributed by atoms with Crippen LogP contribution < -0.4 is 4.74 Å². The number of carbonyl (C=O) groups is 2. The molecule has 1 unspecified atom stereocenters. The zero-order chi connectivity index (χ0) is 17.0. The third-order valence-corrected chi connectivity index (χ3v) is 7.31. The first-order valence-corrected chi connectivity index (χ1v) is 9.97. The summed E-state index contributed by atoms with van der Waals surface area (Å²) in [6.45, 7) is 0. The molecule has 1 aliphatic heterocycles. The van der Waals surface area contributed by atoms with Crippen molar-refractivity contribution >= 4 is 22.9 Å². The Hall–Kier alpha value is -1.94. The number of hydrogen-bond acceptors (Lipinski definition) is 4. The van der Waals surface area contributed by atoms with Crippen molar-refractivity contribution in [3.63, 3.8) is 0 Å². The summed E-state index contributed by atoms with van der Waals surface area (Å²) in [6.07, 6.45) is 4.47. The lowest BCUT2D eigenvalue weighted by Gasteiger charge is -2.55. The van der Waals surface area contributed by atoms with Gasteiger partial charge in [0.05, 0.1) is 5.56 Å². The smallest absolute Gasteiger partial charge is 0.181 e. The minimum atomic E-state index is -0.645. The maximum atomic E-state index is 13.2. The summed E-state index contributed by atoms with van der Waals surface area (Å²) in [5.41, 5.74) is -0.0707. The highest BCUT2D eigenvalue weighted by Crippen LogP contribution is 2.57. The topological polar surface area (TPSA) is 43.4 Å². The molecular weight excluding hydrogens is 332 g/mol. The van der Waals surface area contributed by atoms with Crippen LogP contribution in [0.25, 0.3) is 0 Å². The predicted molar refractivity (Wildman–Crippen MR) is 96.3 cm³/mol. The predicted octanol–water partition coefficient (Wildman–Crippen LogP) is 4.63. The number of para-hydroxylation sites is 1. The molecule has 0 saturated heterocycles. The van der Waals surface area contributed by atoms with Gasteiger partial charge in [-0.1, -0.05) is 24.6 Å². The van der Waals surface area contributed by atoms with Gasteiger partial charge in [0.2, 0.25) is 0 Å². The summed E-state index contributed by atoms with van der Waals surface area (Å²) in [5, 5.41) is 2.07. The van der Waals surface area contributed by atoms with E-state index >= 15 is 0 Å². The van der Waals surface area contributed by atoms with Crippen molar-refractivity contribution < 1.29 is 14.3 Å². The second kappa shape index (κ2) is 5.53. The SMILES string of the molecule is O=C1C[C@@H](c2cccs2)[C@@H]2CCCC[C@@]23Oc2ccccc2C(=O)C13. The summed E-state index contributed by atoms with van der Waals surface area (Å²) in [5.74, 6) is 0.501. The molecule has 4 heteroatoms. The van der Waals surface area contributed by atoms with Crippen LogP contribution in [-0.4, -0.2) is 17.2 Å². The van der Waals surface area contributed by atoms with Gasteiger partial charge in [-0.15, -0.1) is 11.3 Å². The molecule has 0 radical (unpaired) electrons. The van der Waals surface area contributed by atoms with Gasteiger partial charge in [0.15, 0.2) is 5.78 Å². The summed E-state index contributed by atoms with van der Waals surface area (Å²) in [4.78, 5) is 27.6. The number of carbonyl (C=O) groups excluding carboxylic acids is 2. The van der Waals surface area contributed by atoms with Crippen LogP contribution in [0, 0.1) is 11.8 Å². The van der Waals surface area contributed by atoms with E-state index in [1.54, 1.807) is 17.4 Å². The van der Waals surface area contributed by atoms with Gasteiger partial charge in [-0.25, -0.2) is 0 Å². The number of Topliss-reactive ketones (excluding diaryl/α,β-unsaturated/α-hetero) is 2. The summed E-state index contributed by atoms with van der Waals surface area (Å²) in [6, 6.07) is 11.6. The number of ketones is 2. The highest BCUT2D eigenvalue weighted by Gasteiger charge is 2.62. The van der Waals surface area contributed by atoms with Crippen molar-refractivity contribution in [3.05, 3.63) is 52.2 Å². The fraction of sp³-hybridized carbons (Fsp3) is 0.429. The van der Waals surface area contributed by atoms with Crippen LogP contribution in [-0.2, 0) is 4.79 Å². The van der Waals surface area contributed by atoms with Crippen molar-refractivity contribution in [1.29, 1.82) is 0 Å². The van der Waals surface area contributed by atoms with Crippen LogP contribution in [0.4, 0.5) is 0 Å². The average molecular weight is 352 g/mol. The van der Waals surface area contributed by atoms with Crippen LogP contribution in [0.3, 0.4) is 0 Å². The first kappa shape index (κ1) is 15.3. The molecule has 2 saturated carbocycles. The van der Waals surface area contributed by atoms with E-state index in [1.807, 2.05) is 24.3 Å². The van der Waals surface area contributed by atoms with Gasteiger partial charge in [0.25, 0.3) is 0 Å². The van der Waals surface area contributed by atoms with Gasteiger partial charge in [-0.05, 0) is 42.8 Å². The molecule has 2 fully saturated rings. The van der Waals surface area contributed by atoms with Crippen LogP contribution >= 0.6 is 11.3 Å². The van der Waals surface area contributed by atoms with Crippen LogP contribution in [0.15, 0.2) is 41.8 Å². The highest BCUT2D eigenvalue weighted by atomic mass is 32.1. The second-order valence-electron chi connectivity index (χ2n) is 7.50. The molecule has 3 aliphatic rings. The Labute approximate surface area is 151 Å². The molecule has 0 amide bonds. The Morgan fingerprint density at radius 1 is 1.08 bits per heavy atom. The van der Waals surface area contributed by atoms with E-state index < -0.39 is 11.5 Å². The number of thiophene rings is 1. The molecule has 2 aliphatic carbocycles. The van der Waals surface area contributed by atoms with Crippen LogP contribution in [0.1, 0.15) is 53.3 Å². The Bertz CT molecular complexity index is 841. The summed E-state index contributed by atoms with van der Waals surface area (Å²) >= 11 is 1.72. The lowest BCUT2D eigenvalue weighted by molar-refractivity contribution is -0.146. The van der Waals surface area contributed by atoms with Crippen molar-refractivity contribution in [2.45, 2.75) is 43.6 Å². The minimum Gasteiger partial charge on any atom is -0.485 e. The lowest BCUT2D eigenvalue weighted by Crippen LogP contribution is -2.63. The van der Waals surface area contributed by atoms with E-state index in [0.717, 1.165) is 25.7 Å². The number of hydrogen-bond donors (Lipinski definition) is 0. The van der Waals surface area contributed by atoms with Gasteiger partial charge in [0, 0.05) is 23.1 Å². The van der Waals surface area contributed by atoms with Crippen molar-refractivity contribution in [2.24, 2.45) is 11.8 Å². The van der Waals surface area contributed by atoms with E-state index in [-0.39, 0.29) is 23.4 Å². The number of fused-ring (bicyclic) bond motifs is 1. The quantitative estimate of drug-likeness (QED) is 0.703. The normalized spacial score (nSPS) is 33.8. The number of benzene rings is 1. The first-order chi connectivity index (χ1) is 12.2. The monoisotopic (exact) mass is 352 g/mol. The molecule has 0 N–H and O–H groups in total. The molecule has 2 aromatic rings. The van der Waals surface area contributed by atoms with E-state index in [9.17, 15) is 9.59 Å². The van der Waals surface area contributed by atoms with E-state index in [0.29, 0.717) is 17.7 Å². The van der Waals surface area contributed by atoms with Gasteiger partial charge < -0.3 is 4.74 Å². The first-order valence-electron chi connectivity index (χ1n) is 9.09. The fourth-order valence-corrected chi connectivity index (χ4v) is 6.21. The van der Waals surface area contributed by atoms with E-state index in [1.165, 1.54) is 4.88 Å². The maximum absolute atomic E-state index is 13.2. The molecule has 128 valence electrons. The molecule has 2 heterocycles. The fourth-order valence-electron chi connectivity index (χ4n) is 5.32. The number of rotatable bonds is 1. The van der Waals surface area contributed by atoms with E-state index in [4.69, 9.17) is 4.74 Å². The zero-order valence-corrected chi connectivity index (χ0v) is 14.8. The van der Waals surface area contributed by atoms with Crippen molar-refractivity contribution in [2.75, 3.05) is 0 Å². The van der Waals surface area contributed by atoms with Crippen LogP contribution in [0.5, 0.6) is 5.75 Å². The Morgan fingerprint density at radius 2 is 1.96 bits per heavy atom. The molecule has 3 nitrogen and oxygen atoms in total. The summed E-state index contributed by atoms with van der Waals surface area (Å²) < 4.78 is 6.56. The van der Waals surface area contributed by atoms with Crippen molar-refractivity contribution in [3.8, 4) is 5.75 Å². The summed E-state index contributed by atoms with van der Waals surface area (Å²) in [7, 11) is 0. The third kappa shape index (κ3) is 2.10. The van der Waals surface area contributed by atoms with Crippen LogP contribution in [0.2, 0.25) is 0 Å². The van der Waals surface area contributed by atoms with Gasteiger partial charge in [-0.3, -0.25) is 9.59 Å². The maximum Gasteiger partial charge on any atom is 0.181 e.